The molecule has 0 unspecified atom stereocenters. The summed E-state index contributed by atoms with van der Waals surface area (Å²) in [7, 11) is 0. The topological polar surface area (TPSA) is 71.0 Å². The van der Waals surface area contributed by atoms with E-state index in [4.69, 9.17) is 11.6 Å². The van der Waals surface area contributed by atoms with Gasteiger partial charge >= 0.3 is 0 Å². The second-order valence-corrected chi connectivity index (χ2v) is 4.89. The third-order valence-corrected chi connectivity index (χ3v) is 3.52. The Kier molecular flexibility index (Phi) is 2.25. The SMILES string of the molecule is O=Nc1c2ccccc2c2nc3[nH]cc(Cl)cc3nc12. The maximum Gasteiger partial charge on any atom is 0.156 e. The average molecular weight is 283 g/mol. The Bertz CT molecular complexity index is 993. The number of hydrogen-bond donors (Lipinski definition) is 1. The summed E-state index contributed by atoms with van der Waals surface area (Å²) in [6, 6.07) is 9.21. The predicted octanol–water partition coefficient (Wildman–Crippen LogP) is 4.32. The van der Waals surface area contributed by atoms with Gasteiger partial charge in [-0.3, -0.25) is 0 Å². The first-order chi connectivity index (χ1) is 9.78. The molecule has 96 valence electrons. The standard InChI is InChI=1S/C14H7ClN4O/c15-7-5-10-14(16-6-7)18-11-8-3-1-2-4-9(8)12(19-20)13(11)17-10/h1-6H,(H,16,18). The third-order valence-electron chi connectivity index (χ3n) is 3.30. The highest BCUT2D eigenvalue weighted by atomic mass is 35.5. The van der Waals surface area contributed by atoms with Crippen LogP contribution in [0.3, 0.4) is 0 Å². The van der Waals surface area contributed by atoms with Crippen LogP contribution in [0.25, 0.3) is 33.0 Å². The van der Waals surface area contributed by atoms with Crippen molar-refractivity contribution >= 4 is 50.3 Å². The molecule has 5 nitrogen and oxygen atoms in total. The van der Waals surface area contributed by atoms with E-state index in [-0.39, 0.29) is 0 Å². The van der Waals surface area contributed by atoms with Gasteiger partial charge in [0.1, 0.15) is 22.2 Å². The van der Waals surface area contributed by atoms with Crippen LogP contribution in [-0.4, -0.2) is 15.0 Å². The Labute approximate surface area is 117 Å². The minimum Gasteiger partial charge on any atom is -0.343 e. The first-order valence-corrected chi connectivity index (χ1v) is 6.35. The first kappa shape index (κ1) is 11.3. The highest BCUT2D eigenvalue weighted by molar-refractivity contribution is 6.31. The maximum absolute atomic E-state index is 11.1. The Morgan fingerprint density at radius 1 is 1.10 bits per heavy atom. The van der Waals surface area contributed by atoms with Crippen LogP contribution in [0.2, 0.25) is 5.02 Å². The van der Waals surface area contributed by atoms with Crippen LogP contribution < -0.4 is 0 Å². The minimum absolute atomic E-state index is 0.324. The average Bonchev–Trinajstić information content (AvgIpc) is 2.78. The van der Waals surface area contributed by atoms with Gasteiger partial charge in [0.2, 0.25) is 0 Å². The highest BCUT2D eigenvalue weighted by Crippen LogP contribution is 2.38. The van der Waals surface area contributed by atoms with Crippen LogP contribution in [0, 0.1) is 4.91 Å². The van der Waals surface area contributed by atoms with Gasteiger partial charge in [-0.05, 0) is 11.2 Å². The molecule has 0 aliphatic carbocycles. The Morgan fingerprint density at radius 3 is 2.70 bits per heavy atom. The molecule has 6 heteroatoms. The summed E-state index contributed by atoms with van der Waals surface area (Å²) in [4.78, 5) is 23.2. The van der Waals surface area contributed by atoms with Gasteiger partial charge in [-0.2, -0.15) is 0 Å². The monoisotopic (exact) mass is 282 g/mol. The van der Waals surface area contributed by atoms with E-state index in [1.807, 2.05) is 24.3 Å². The number of benzene rings is 1. The van der Waals surface area contributed by atoms with Gasteiger partial charge in [-0.25, -0.2) is 9.97 Å². The number of nitrogens with zero attached hydrogens (tertiary/aromatic N) is 3. The van der Waals surface area contributed by atoms with Crippen molar-refractivity contribution in [2.24, 2.45) is 5.18 Å². The lowest BCUT2D eigenvalue weighted by Crippen LogP contribution is -1.87. The zero-order chi connectivity index (χ0) is 13.7. The quantitative estimate of drug-likeness (QED) is 0.529. The summed E-state index contributed by atoms with van der Waals surface area (Å²) in [5.74, 6) is 0. The summed E-state index contributed by atoms with van der Waals surface area (Å²) < 4.78 is 0. The van der Waals surface area contributed by atoms with Crippen molar-refractivity contribution in [1.82, 2.24) is 15.0 Å². The molecule has 0 saturated heterocycles. The minimum atomic E-state index is 0.324. The van der Waals surface area contributed by atoms with E-state index in [1.54, 1.807) is 12.3 Å². The van der Waals surface area contributed by atoms with Gasteiger partial charge in [-0.15, -0.1) is 4.91 Å². The summed E-state index contributed by atoms with van der Waals surface area (Å²) in [5, 5.41) is 5.28. The summed E-state index contributed by atoms with van der Waals surface area (Å²) in [6.07, 6.45) is 1.65. The molecule has 0 amide bonds. The fraction of sp³-hybridized carbons (Fsp3) is 0. The molecule has 0 fully saturated rings. The molecule has 2 aromatic heterocycles. The van der Waals surface area contributed by atoms with Crippen LogP contribution in [-0.2, 0) is 0 Å². The van der Waals surface area contributed by atoms with Crippen molar-refractivity contribution in [1.29, 1.82) is 0 Å². The lowest BCUT2D eigenvalue weighted by Gasteiger charge is -1.99. The van der Waals surface area contributed by atoms with Gasteiger partial charge in [0, 0.05) is 17.0 Å². The Morgan fingerprint density at radius 2 is 1.90 bits per heavy atom. The van der Waals surface area contributed by atoms with E-state index < -0.39 is 0 Å². The molecule has 1 N–H and O–H groups in total. The van der Waals surface area contributed by atoms with E-state index in [9.17, 15) is 4.91 Å². The predicted molar refractivity (Wildman–Crippen MR) is 79.4 cm³/mol. The largest absolute Gasteiger partial charge is 0.343 e. The van der Waals surface area contributed by atoms with Gasteiger partial charge in [-0.1, -0.05) is 35.9 Å². The molecule has 4 aromatic rings. The number of nitrogens with one attached hydrogen (secondary N) is 1. The number of rotatable bonds is 1. The summed E-state index contributed by atoms with van der Waals surface area (Å²) in [6.45, 7) is 0. The fourth-order valence-corrected chi connectivity index (χ4v) is 2.59. The summed E-state index contributed by atoms with van der Waals surface area (Å²) >= 11 is 5.94. The van der Waals surface area contributed by atoms with E-state index >= 15 is 0 Å². The Balaban J connectivity index is 2.29. The van der Waals surface area contributed by atoms with Crippen molar-refractivity contribution in [3.63, 3.8) is 0 Å². The smallest absolute Gasteiger partial charge is 0.156 e. The van der Waals surface area contributed by atoms with Gasteiger partial charge in [0.05, 0.1) is 5.02 Å². The van der Waals surface area contributed by atoms with Crippen molar-refractivity contribution in [3.8, 4) is 0 Å². The number of aromatic nitrogens is 3. The lowest BCUT2D eigenvalue weighted by molar-refractivity contribution is 1.29. The second kappa shape index (κ2) is 3.98. The molecular weight excluding hydrogens is 276 g/mol. The van der Waals surface area contributed by atoms with Crippen LogP contribution in [0.5, 0.6) is 0 Å². The number of nitroso groups, excluding NO2 is 1. The van der Waals surface area contributed by atoms with E-state index in [0.717, 1.165) is 10.8 Å². The lowest BCUT2D eigenvalue weighted by atomic mass is 10.2. The number of halogens is 1. The number of H-pyrrole nitrogens is 1. The van der Waals surface area contributed by atoms with Crippen LogP contribution in [0.15, 0.2) is 41.7 Å². The van der Waals surface area contributed by atoms with Gasteiger partial charge < -0.3 is 4.98 Å². The van der Waals surface area contributed by atoms with Crippen molar-refractivity contribution in [3.05, 3.63) is 46.5 Å². The third kappa shape index (κ3) is 1.44. The molecule has 0 radical (unpaired) electrons. The highest BCUT2D eigenvalue weighted by Gasteiger charge is 2.16. The van der Waals surface area contributed by atoms with E-state index in [0.29, 0.717) is 32.9 Å². The molecule has 0 aliphatic rings. The van der Waals surface area contributed by atoms with Crippen LogP contribution in [0.4, 0.5) is 5.69 Å². The normalized spacial score (nSPS) is 11.4. The molecule has 2 heterocycles. The molecule has 4 rings (SSSR count). The fourth-order valence-electron chi connectivity index (χ4n) is 2.43. The molecule has 0 spiro atoms. The molecule has 20 heavy (non-hydrogen) atoms. The number of pyridine rings is 1. The number of hydrogen-bond acceptors (Lipinski definition) is 4. The zero-order valence-electron chi connectivity index (χ0n) is 10.1. The zero-order valence-corrected chi connectivity index (χ0v) is 10.8. The number of aromatic amines is 1. The van der Waals surface area contributed by atoms with Crippen molar-refractivity contribution in [2.45, 2.75) is 0 Å². The van der Waals surface area contributed by atoms with E-state index in [2.05, 4.69) is 20.1 Å². The van der Waals surface area contributed by atoms with Gasteiger partial charge in [0.15, 0.2) is 5.65 Å². The maximum atomic E-state index is 11.1. The molecule has 0 saturated carbocycles. The van der Waals surface area contributed by atoms with Crippen molar-refractivity contribution in [2.75, 3.05) is 0 Å². The first-order valence-electron chi connectivity index (χ1n) is 5.97. The molecule has 2 aromatic carbocycles. The number of fused-ring (bicyclic) bond motifs is 4. The molecule has 0 aliphatic heterocycles. The van der Waals surface area contributed by atoms with E-state index in [1.165, 1.54) is 0 Å². The molecule has 0 atom stereocenters. The van der Waals surface area contributed by atoms with Gasteiger partial charge in [0.25, 0.3) is 0 Å². The molecule has 0 bridgehead atoms. The Hall–Kier alpha value is -2.53. The van der Waals surface area contributed by atoms with Crippen LogP contribution >= 0.6 is 11.6 Å². The molecular formula is C14H7ClN4O. The van der Waals surface area contributed by atoms with Crippen molar-refractivity contribution < 1.29 is 0 Å². The summed E-state index contributed by atoms with van der Waals surface area (Å²) in [5.41, 5.74) is 2.72. The second-order valence-electron chi connectivity index (χ2n) is 4.46. The van der Waals surface area contributed by atoms with Crippen LogP contribution in [0.1, 0.15) is 0 Å².